The average Bonchev–Trinajstić information content (AvgIpc) is 2.95. The summed E-state index contributed by atoms with van der Waals surface area (Å²) in [7, 11) is 0. The molecule has 0 unspecified atom stereocenters. The molecule has 3 aromatic rings. The lowest BCUT2D eigenvalue weighted by atomic mass is 10.1. The fraction of sp³-hybridized carbons (Fsp3) is 0.158. The number of benzene rings is 2. The van der Waals surface area contributed by atoms with Gasteiger partial charge in [0.2, 0.25) is 0 Å². The van der Waals surface area contributed by atoms with Crippen molar-refractivity contribution >= 4 is 17.3 Å². The van der Waals surface area contributed by atoms with Gasteiger partial charge in [0.15, 0.2) is 0 Å². The van der Waals surface area contributed by atoms with Crippen LogP contribution >= 0.6 is 11.3 Å². The van der Waals surface area contributed by atoms with Crippen LogP contribution in [0.2, 0.25) is 0 Å². The summed E-state index contributed by atoms with van der Waals surface area (Å²) in [5.41, 5.74) is 1.59. The van der Waals surface area contributed by atoms with E-state index in [0.717, 1.165) is 28.3 Å². The van der Waals surface area contributed by atoms with Crippen molar-refractivity contribution in [2.24, 2.45) is 0 Å². The molecule has 2 aromatic carbocycles. The Hall–Kier alpha value is -2.67. The highest BCUT2D eigenvalue weighted by atomic mass is 32.1. The molecule has 0 aliphatic heterocycles. The minimum Gasteiger partial charge on any atom is -0.478 e. The van der Waals surface area contributed by atoms with Crippen molar-refractivity contribution in [3.63, 3.8) is 0 Å². The number of thiazole rings is 1. The van der Waals surface area contributed by atoms with Crippen molar-refractivity contribution in [2.75, 3.05) is 0 Å². The predicted molar refractivity (Wildman–Crippen MR) is 93.5 cm³/mol. The SMILES string of the molecule is Cc1sc(-c2cccc(C(F)(F)F)c2)nc1Cc1ccc(C(=O)O)cc1. The third kappa shape index (κ3) is 3.94. The number of carboxylic acid groups (broad SMARTS) is 1. The summed E-state index contributed by atoms with van der Waals surface area (Å²) in [6.07, 6.45) is -3.90. The van der Waals surface area contributed by atoms with Crippen molar-refractivity contribution in [3.05, 3.63) is 75.8 Å². The summed E-state index contributed by atoms with van der Waals surface area (Å²) < 4.78 is 38.7. The van der Waals surface area contributed by atoms with Crippen LogP contribution in [0.3, 0.4) is 0 Å². The van der Waals surface area contributed by atoms with Crippen LogP contribution in [-0.4, -0.2) is 16.1 Å². The molecule has 0 spiro atoms. The minimum absolute atomic E-state index is 0.202. The van der Waals surface area contributed by atoms with Gasteiger partial charge >= 0.3 is 12.1 Å². The lowest BCUT2D eigenvalue weighted by molar-refractivity contribution is -0.137. The van der Waals surface area contributed by atoms with E-state index in [1.54, 1.807) is 18.2 Å². The van der Waals surface area contributed by atoms with Crippen LogP contribution in [-0.2, 0) is 12.6 Å². The molecule has 0 bridgehead atoms. The molecule has 7 heteroatoms. The Labute approximate surface area is 151 Å². The normalized spacial score (nSPS) is 11.5. The smallest absolute Gasteiger partial charge is 0.416 e. The zero-order valence-corrected chi connectivity index (χ0v) is 14.5. The molecule has 0 amide bonds. The lowest BCUT2D eigenvalue weighted by Crippen LogP contribution is -2.04. The van der Waals surface area contributed by atoms with Gasteiger partial charge in [-0.15, -0.1) is 11.3 Å². The van der Waals surface area contributed by atoms with Crippen LogP contribution in [0, 0.1) is 6.92 Å². The molecular weight excluding hydrogens is 363 g/mol. The first-order valence-electron chi connectivity index (χ1n) is 7.70. The number of alkyl halides is 3. The molecule has 1 N–H and O–H groups in total. The van der Waals surface area contributed by atoms with E-state index >= 15 is 0 Å². The van der Waals surface area contributed by atoms with E-state index in [1.807, 2.05) is 6.92 Å². The molecule has 134 valence electrons. The van der Waals surface area contributed by atoms with Crippen molar-refractivity contribution in [3.8, 4) is 10.6 Å². The maximum Gasteiger partial charge on any atom is 0.416 e. The molecular formula is C19H14F3NO2S. The first-order chi connectivity index (χ1) is 12.2. The van der Waals surface area contributed by atoms with E-state index < -0.39 is 17.7 Å². The van der Waals surface area contributed by atoms with E-state index in [2.05, 4.69) is 4.98 Å². The Kier molecular flexibility index (Phi) is 4.82. The maximum absolute atomic E-state index is 12.9. The number of aromatic carboxylic acids is 1. The summed E-state index contributed by atoms with van der Waals surface area (Å²) in [6.45, 7) is 1.87. The number of hydrogen-bond donors (Lipinski definition) is 1. The highest BCUT2D eigenvalue weighted by Crippen LogP contribution is 2.34. The maximum atomic E-state index is 12.9. The number of halogens is 3. The molecule has 0 saturated carbocycles. The Bertz CT molecular complexity index is 946. The van der Waals surface area contributed by atoms with Crippen LogP contribution in [0.4, 0.5) is 13.2 Å². The summed E-state index contributed by atoms with van der Waals surface area (Å²) in [6, 6.07) is 11.6. The zero-order chi connectivity index (χ0) is 18.9. The molecule has 0 radical (unpaired) electrons. The molecule has 1 aromatic heterocycles. The van der Waals surface area contributed by atoms with Gasteiger partial charge in [-0.1, -0.05) is 24.3 Å². The largest absolute Gasteiger partial charge is 0.478 e. The summed E-state index contributed by atoms with van der Waals surface area (Å²) in [4.78, 5) is 16.3. The van der Waals surface area contributed by atoms with Crippen molar-refractivity contribution in [1.29, 1.82) is 0 Å². The van der Waals surface area contributed by atoms with E-state index in [-0.39, 0.29) is 5.56 Å². The van der Waals surface area contributed by atoms with E-state index in [0.29, 0.717) is 17.0 Å². The fourth-order valence-corrected chi connectivity index (χ4v) is 3.43. The summed E-state index contributed by atoms with van der Waals surface area (Å²) in [5.74, 6) is -0.992. The van der Waals surface area contributed by atoms with Gasteiger partial charge in [-0.25, -0.2) is 9.78 Å². The Balaban J connectivity index is 1.86. The molecule has 0 aliphatic rings. The van der Waals surface area contributed by atoms with E-state index in [4.69, 9.17) is 5.11 Å². The number of aryl methyl sites for hydroxylation is 1. The standard InChI is InChI=1S/C19H14F3NO2S/c1-11-16(9-12-5-7-13(8-6-12)18(24)25)23-17(26-11)14-3-2-4-15(10-14)19(20,21)22/h2-8,10H,9H2,1H3,(H,24,25). The average molecular weight is 377 g/mol. The molecule has 1 heterocycles. The van der Waals surface area contributed by atoms with Gasteiger partial charge in [0.25, 0.3) is 0 Å². The van der Waals surface area contributed by atoms with Crippen molar-refractivity contribution < 1.29 is 23.1 Å². The summed E-state index contributed by atoms with van der Waals surface area (Å²) >= 11 is 1.34. The quantitative estimate of drug-likeness (QED) is 0.660. The zero-order valence-electron chi connectivity index (χ0n) is 13.7. The molecule has 26 heavy (non-hydrogen) atoms. The third-order valence-electron chi connectivity index (χ3n) is 3.90. The highest BCUT2D eigenvalue weighted by Gasteiger charge is 2.30. The molecule has 0 atom stereocenters. The van der Waals surface area contributed by atoms with Gasteiger partial charge in [0, 0.05) is 16.9 Å². The Morgan fingerprint density at radius 1 is 1.15 bits per heavy atom. The van der Waals surface area contributed by atoms with Gasteiger partial charge in [0.1, 0.15) is 5.01 Å². The number of hydrogen-bond acceptors (Lipinski definition) is 3. The van der Waals surface area contributed by atoms with Crippen LogP contribution < -0.4 is 0 Å². The fourth-order valence-electron chi connectivity index (χ4n) is 2.50. The molecule has 3 nitrogen and oxygen atoms in total. The van der Waals surface area contributed by atoms with E-state index in [9.17, 15) is 18.0 Å². The Morgan fingerprint density at radius 3 is 2.46 bits per heavy atom. The molecule has 3 rings (SSSR count). The second-order valence-electron chi connectivity index (χ2n) is 5.78. The second-order valence-corrected chi connectivity index (χ2v) is 6.98. The number of nitrogens with zero attached hydrogens (tertiary/aromatic N) is 1. The van der Waals surface area contributed by atoms with Crippen molar-refractivity contribution in [1.82, 2.24) is 4.98 Å². The van der Waals surface area contributed by atoms with Crippen LogP contribution in [0.15, 0.2) is 48.5 Å². The topological polar surface area (TPSA) is 50.2 Å². The van der Waals surface area contributed by atoms with Crippen LogP contribution in [0.1, 0.15) is 32.1 Å². The van der Waals surface area contributed by atoms with Gasteiger partial charge in [-0.3, -0.25) is 0 Å². The van der Waals surface area contributed by atoms with Gasteiger partial charge in [-0.2, -0.15) is 13.2 Å². The predicted octanol–water partition coefficient (Wildman–Crippen LogP) is 5.43. The number of carbonyl (C=O) groups is 1. The number of aromatic nitrogens is 1. The van der Waals surface area contributed by atoms with Gasteiger partial charge in [-0.05, 0) is 36.8 Å². The molecule has 0 aliphatic carbocycles. The minimum atomic E-state index is -4.39. The first kappa shape index (κ1) is 18.1. The Morgan fingerprint density at radius 2 is 1.85 bits per heavy atom. The molecule has 0 fully saturated rings. The molecule has 0 saturated heterocycles. The number of rotatable bonds is 4. The van der Waals surface area contributed by atoms with Crippen molar-refractivity contribution in [2.45, 2.75) is 19.5 Å². The number of carboxylic acids is 1. The lowest BCUT2D eigenvalue weighted by Gasteiger charge is -2.07. The summed E-state index contributed by atoms with van der Waals surface area (Å²) in [5, 5.41) is 9.46. The highest BCUT2D eigenvalue weighted by molar-refractivity contribution is 7.15. The second kappa shape index (κ2) is 6.92. The van der Waals surface area contributed by atoms with Crippen LogP contribution in [0.25, 0.3) is 10.6 Å². The van der Waals surface area contributed by atoms with Gasteiger partial charge < -0.3 is 5.11 Å². The van der Waals surface area contributed by atoms with E-state index in [1.165, 1.54) is 29.5 Å². The van der Waals surface area contributed by atoms with Crippen LogP contribution in [0.5, 0.6) is 0 Å². The first-order valence-corrected chi connectivity index (χ1v) is 8.52. The monoisotopic (exact) mass is 377 g/mol. The van der Waals surface area contributed by atoms with Gasteiger partial charge in [0.05, 0.1) is 16.8 Å². The third-order valence-corrected chi connectivity index (χ3v) is 4.96.